The van der Waals surface area contributed by atoms with Crippen molar-refractivity contribution in [3.63, 3.8) is 0 Å². The van der Waals surface area contributed by atoms with Gasteiger partial charge in [0.05, 0.1) is 0 Å². The van der Waals surface area contributed by atoms with Crippen molar-refractivity contribution in [2.45, 2.75) is 34.2 Å². The summed E-state index contributed by atoms with van der Waals surface area (Å²) in [7, 11) is 0. The average molecular weight is 346 g/mol. The summed E-state index contributed by atoms with van der Waals surface area (Å²) in [5, 5.41) is 3.49. The molecule has 2 aromatic carbocycles. The van der Waals surface area contributed by atoms with Crippen LogP contribution in [0.2, 0.25) is 0 Å². The number of benzene rings is 2. The molecule has 0 atom stereocenters. The van der Waals surface area contributed by atoms with Crippen LogP contribution in [0, 0.1) is 20.8 Å². The van der Waals surface area contributed by atoms with Crippen molar-refractivity contribution >= 4 is 17.5 Å². The first-order valence-electron chi connectivity index (χ1n) is 9.04. The Morgan fingerprint density at radius 2 is 1.58 bits per heavy atom. The number of aromatic nitrogens is 2. The minimum atomic E-state index is 0.755. The predicted octanol–water partition coefficient (Wildman–Crippen LogP) is 5.17. The van der Waals surface area contributed by atoms with Crippen LogP contribution in [0.5, 0.6) is 0 Å². The molecule has 0 spiro atoms. The summed E-state index contributed by atoms with van der Waals surface area (Å²) in [5.74, 6) is 1.58. The van der Waals surface area contributed by atoms with E-state index in [1.165, 1.54) is 16.7 Å². The van der Waals surface area contributed by atoms with Crippen LogP contribution in [0.4, 0.5) is 17.5 Å². The second-order valence-electron chi connectivity index (χ2n) is 6.59. The van der Waals surface area contributed by atoms with E-state index < -0.39 is 0 Å². The van der Waals surface area contributed by atoms with Crippen molar-refractivity contribution < 1.29 is 0 Å². The standard InChI is InChI=1S/C22H26N4/c1-5-26(15-19-12-7-6-8-13-19)22-23-18(4)14-20(25-22)24-21-16(2)10-9-11-17(21)3/h6-14H,5,15H2,1-4H3,(H,23,24,25). The molecule has 26 heavy (non-hydrogen) atoms. The zero-order valence-electron chi connectivity index (χ0n) is 16.0. The third-order valence-electron chi connectivity index (χ3n) is 4.46. The lowest BCUT2D eigenvalue weighted by atomic mass is 10.1. The van der Waals surface area contributed by atoms with Crippen molar-refractivity contribution in [2.75, 3.05) is 16.8 Å². The molecule has 1 N–H and O–H groups in total. The molecule has 3 rings (SSSR count). The molecule has 0 unspecified atom stereocenters. The van der Waals surface area contributed by atoms with E-state index in [1.807, 2.05) is 19.1 Å². The van der Waals surface area contributed by atoms with Gasteiger partial charge in [-0.2, -0.15) is 4.98 Å². The van der Waals surface area contributed by atoms with E-state index in [2.05, 4.69) is 78.4 Å². The highest BCUT2D eigenvalue weighted by atomic mass is 15.3. The van der Waals surface area contributed by atoms with Gasteiger partial charge in [-0.3, -0.25) is 0 Å². The Bertz CT molecular complexity index is 854. The zero-order valence-corrected chi connectivity index (χ0v) is 16.0. The largest absolute Gasteiger partial charge is 0.340 e. The first kappa shape index (κ1) is 17.9. The molecule has 0 amide bonds. The molecular weight excluding hydrogens is 320 g/mol. The molecule has 0 aliphatic heterocycles. The topological polar surface area (TPSA) is 41.1 Å². The fourth-order valence-electron chi connectivity index (χ4n) is 3.03. The highest BCUT2D eigenvalue weighted by molar-refractivity contribution is 5.65. The van der Waals surface area contributed by atoms with E-state index in [0.717, 1.165) is 36.2 Å². The van der Waals surface area contributed by atoms with Gasteiger partial charge in [0.2, 0.25) is 5.95 Å². The van der Waals surface area contributed by atoms with Crippen LogP contribution < -0.4 is 10.2 Å². The summed E-state index contributed by atoms with van der Waals surface area (Å²) >= 11 is 0. The number of aryl methyl sites for hydroxylation is 3. The molecular formula is C22H26N4. The van der Waals surface area contributed by atoms with E-state index >= 15 is 0 Å². The van der Waals surface area contributed by atoms with Gasteiger partial charge in [0.15, 0.2) is 0 Å². The van der Waals surface area contributed by atoms with Crippen LogP contribution in [0.25, 0.3) is 0 Å². The second-order valence-corrected chi connectivity index (χ2v) is 6.59. The van der Waals surface area contributed by atoms with Gasteiger partial charge >= 0.3 is 0 Å². The summed E-state index contributed by atoms with van der Waals surface area (Å²) < 4.78 is 0. The first-order valence-corrected chi connectivity index (χ1v) is 9.04. The van der Waals surface area contributed by atoms with Gasteiger partial charge in [0.1, 0.15) is 5.82 Å². The molecule has 0 aliphatic rings. The van der Waals surface area contributed by atoms with E-state index in [1.54, 1.807) is 0 Å². The maximum absolute atomic E-state index is 4.78. The number of nitrogens with one attached hydrogen (secondary N) is 1. The second kappa shape index (κ2) is 8.00. The lowest BCUT2D eigenvalue weighted by Gasteiger charge is -2.22. The number of hydrogen-bond acceptors (Lipinski definition) is 4. The predicted molar refractivity (Wildman–Crippen MR) is 109 cm³/mol. The smallest absolute Gasteiger partial charge is 0.227 e. The van der Waals surface area contributed by atoms with Gasteiger partial charge < -0.3 is 10.2 Å². The van der Waals surface area contributed by atoms with Crippen LogP contribution in [0.3, 0.4) is 0 Å². The SMILES string of the molecule is CCN(Cc1ccccc1)c1nc(C)cc(Nc2c(C)cccc2C)n1. The van der Waals surface area contributed by atoms with E-state index in [0.29, 0.717) is 0 Å². The van der Waals surface area contributed by atoms with Crippen LogP contribution >= 0.6 is 0 Å². The molecule has 1 aromatic heterocycles. The van der Waals surface area contributed by atoms with Gasteiger partial charge in [-0.15, -0.1) is 0 Å². The third kappa shape index (κ3) is 4.20. The fourth-order valence-corrected chi connectivity index (χ4v) is 3.03. The molecule has 4 heteroatoms. The van der Waals surface area contributed by atoms with Gasteiger partial charge in [0, 0.05) is 30.5 Å². The Morgan fingerprint density at radius 3 is 2.23 bits per heavy atom. The molecule has 0 saturated heterocycles. The Hall–Kier alpha value is -2.88. The summed E-state index contributed by atoms with van der Waals surface area (Å²) in [4.78, 5) is 11.6. The molecule has 0 fully saturated rings. The molecule has 1 heterocycles. The van der Waals surface area contributed by atoms with Gasteiger partial charge in [-0.1, -0.05) is 48.5 Å². The number of hydrogen-bond donors (Lipinski definition) is 1. The lowest BCUT2D eigenvalue weighted by Crippen LogP contribution is -2.24. The van der Waals surface area contributed by atoms with Crippen LogP contribution in [0.1, 0.15) is 29.3 Å². The quantitative estimate of drug-likeness (QED) is 0.668. The van der Waals surface area contributed by atoms with Gasteiger partial charge in [0.25, 0.3) is 0 Å². The lowest BCUT2D eigenvalue weighted by molar-refractivity contribution is 0.788. The van der Waals surface area contributed by atoms with Crippen molar-refractivity contribution in [1.82, 2.24) is 9.97 Å². The summed E-state index contributed by atoms with van der Waals surface area (Å²) in [6.45, 7) is 10.0. The van der Waals surface area contributed by atoms with Crippen LogP contribution in [-0.4, -0.2) is 16.5 Å². The number of rotatable bonds is 6. The monoisotopic (exact) mass is 346 g/mol. The Morgan fingerprint density at radius 1 is 0.885 bits per heavy atom. The van der Waals surface area contributed by atoms with Gasteiger partial charge in [-0.05, 0) is 44.4 Å². The fraction of sp³-hybridized carbons (Fsp3) is 0.273. The van der Waals surface area contributed by atoms with Gasteiger partial charge in [-0.25, -0.2) is 4.98 Å². The third-order valence-corrected chi connectivity index (χ3v) is 4.46. The van der Waals surface area contributed by atoms with E-state index in [4.69, 9.17) is 4.98 Å². The van der Waals surface area contributed by atoms with Crippen molar-refractivity contribution in [3.05, 3.63) is 77.0 Å². The molecule has 134 valence electrons. The molecule has 3 aromatic rings. The molecule has 0 radical (unpaired) electrons. The normalized spacial score (nSPS) is 10.6. The number of para-hydroxylation sites is 1. The summed E-state index contributed by atoms with van der Waals surface area (Å²) in [6, 6.07) is 18.7. The molecule has 0 saturated carbocycles. The van der Waals surface area contributed by atoms with E-state index in [-0.39, 0.29) is 0 Å². The van der Waals surface area contributed by atoms with Crippen molar-refractivity contribution in [3.8, 4) is 0 Å². The Labute approximate surface area is 155 Å². The van der Waals surface area contributed by atoms with Crippen molar-refractivity contribution in [1.29, 1.82) is 0 Å². The number of nitrogens with zero attached hydrogens (tertiary/aromatic N) is 3. The minimum absolute atomic E-state index is 0.755. The van der Waals surface area contributed by atoms with Crippen molar-refractivity contribution in [2.24, 2.45) is 0 Å². The maximum atomic E-state index is 4.78. The maximum Gasteiger partial charge on any atom is 0.227 e. The highest BCUT2D eigenvalue weighted by Crippen LogP contribution is 2.25. The van der Waals surface area contributed by atoms with Crippen LogP contribution in [0.15, 0.2) is 54.6 Å². The summed E-state index contributed by atoms with van der Waals surface area (Å²) in [5.41, 5.74) is 5.74. The molecule has 0 aliphatic carbocycles. The zero-order chi connectivity index (χ0) is 18.5. The highest BCUT2D eigenvalue weighted by Gasteiger charge is 2.12. The minimum Gasteiger partial charge on any atom is -0.340 e. The Balaban J connectivity index is 1.89. The first-order chi connectivity index (χ1) is 12.6. The molecule has 0 bridgehead atoms. The average Bonchev–Trinajstić information content (AvgIpc) is 2.63. The Kier molecular flexibility index (Phi) is 5.52. The summed E-state index contributed by atoms with van der Waals surface area (Å²) in [6.07, 6.45) is 0. The van der Waals surface area contributed by atoms with E-state index in [9.17, 15) is 0 Å². The molecule has 4 nitrogen and oxygen atoms in total. The van der Waals surface area contributed by atoms with Crippen LogP contribution in [-0.2, 0) is 6.54 Å². The number of anilines is 3.